The van der Waals surface area contributed by atoms with Crippen molar-refractivity contribution in [1.29, 1.82) is 0 Å². The molecular weight excluding hydrogens is 262 g/mol. The number of hydrogen-bond donors (Lipinski definition) is 1. The van der Waals surface area contributed by atoms with E-state index in [0.717, 1.165) is 23.0 Å². The van der Waals surface area contributed by atoms with Crippen LogP contribution in [0.3, 0.4) is 0 Å². The van der Waals surface area contributed by atoms with Gasteiger partial charge in [-0.3, -0.25) is 0 Å². The number of rotatable bonds is 4. The largest absolute Gasteiger partial charge is 0.372 e. The summed E-state index contributed by atoms with van der Waals surface area (Å²) in [6.45, 7) is 2.52. The molecule has 0 bridgehead atoms. The highest BCUT2D eigenvalue weighted by atomic mass is 32.2. The van der Waals surface area contributed by atoms with Crippen LogP contribution in [-0.4, -0.2) is 32.9 Å². The molecular formula is C13H21N3O2S. The predicted molar refractivity (Wildman–Crippen MR) is 77.1 cm³/mol. The van der Waals surface area contributed by atoms with E-state index in [1.165, 1.54) is 32.0 Å². The Morgan fingerprint density at radius 1 is 1.16 bits per heavy atom. The first kappa shape index (κ1) is 14.3. The summed E-state index contributed by atoms with van der Waals surface area (Å²) in [4.78, 5) is 2.37. The number of nitrogens with zero attached hydrogens (tertiary/aromatic N) is 2. The molecule has 6 heteroatoms. The van der Waals surface area contributed by atoms with Gasteiger partial charge in [-0.2, -0.15) is 12.7 Å². The SMILES string of the molecule is CN(Cc1ccc(N2CCCCC2)cc1)S(N)(=O)=O. The van der Waals surface area contributed by atoms with Crippen molar-refractivity contribution in [2.45, 2.75) is 25.8 Å². The first-order chi connectivity index (χ1) is 8.97. The fourth-order valence-corrected chi connectivity index (χ4v) is 2.64. The summed E-state index contributed by atoms with van der Waals surface area (Å²) >= 11 is 0. The van der Waals surface area contributed by atoms with Crippen molar-refractivity contribution in [3.63, 3.8) is 0 Å². The van der Waals surface area contributed by atoms with E-state index in [4.69, 9.17) is 5.14 Å². The summed E-state index contributed by atoms with van der Waals surface area (Å²) in [7, 11) is -2.13. The Morgan fingerprint density at radius 3 is 2.26 bits per heavy atom. The van der Waals surface area contributed by atoms with E-state index in [1.807, 2.05) is 12.1 Å². The molecule has 0 aliphatic carbocycles. The van der Waals surface area contributed by atoms with Crippen LogP contribution in [0.5, 0.6) is 0 Å². The molecule has 0 atom stereocenters. The zero-order valence-corrected chi connectivity index (χ0v) is 12.1. The molecule has 1 aliphatic rings. The van der Waals surface area contributed by atoms with Crippen molar-refractivity contribution in [1.82, 2.24) is 4.31 Å². The topological polar surface area (TPSA) is 66.6 Å². The average molecular weight is 283 g/mol. The van der Waals surface area contributed by atoms with Gasteiger partial charge in [0, 0.05) is 32.4 Å². The summed E-state index contributed by atoms with van der Waals surface area (Å²) in [5, 5.41) is 5.06. The van der Waals surface area contributed by atoms with Crippen molar-refractivity contribution in [2.75, 3.05) is 25.0 Å². The van der Waals surface area contributed by atoms with Gasteiger partial charge in [0.05, 0.1) is 0 Å². The summed E-state index contributed by atoms with van der Waals surface area (Å²) in [6.07, 6.45) is 3.81. The molecule has 106 valence electrons. The van der Waals surface area contributed by atoms with Gasteiger partial charge in [0.25, 0.3) is 10.2 Å². The summed E-state index contributed by atoms with van der Waals surface area (Å²) in [6, 6.07) is 8.03. The quantitative estimate of drug-likeness (QED) is 0.906. The van der Waals surface area contributed by atoms with Crippen molar-refractivity contribution in [2.24, 2.45) is 5.14 Å². The number of benzene rings is 1. The van der Waals surface area contributed by atoms with Crippen LogP contribution < -0.4 is 10.0 Å². The summed E-state index contributed by atoms with van der Waals surface area (Å²) < 4.78 is 23.4. The Labute approximate surface area is 115 Å². The van der Waals surface area contributed by atoms with Crippen molar-refractivity contribution in [3.05, 3.63) is 29.8 Å². The minimum Gasteiger partial charge on any atom is -0.372 e. The molecule has 0 radical (unpaired) electrons. The molecule has 0 aromatic heterocycles. The number of anilines is 1. The first-order valence-electron chi connectivity index (χ1n) is 6.55. The van der Waals surface area contributed by atoms with Crippen molar-refractivity contribution >= 4 is 15.9 Å². The Hall–Kier alpha value is -1.11. The molecule has 1 aromatic rings. The van der Waals surface area contributed by atoms with Crippen LogP contribution in [0.15, 0.2) is 24.3 Å². The fraction of sp³-hybridized carbons (Fsp3) is 0.538. The third-order valence-corrected chi connectivity index (χ3v) is 4.50. The lowest BCUT2D eigenvalue weighted by Crippen LogP contribution is -2.32. The normalized spacial score (nSPS) is 16.9. The van der Waals surface area contributed by atoms with Crippen molar-refractivity contribution in [3.8, 4) is 0 Å². The van der Waals surface area contributed by atoms with Crippen LogP contribution in [0, 0.1) is 0 Å². The standard InChI is InChI=1S/C13H21N3O2S/c1-15(19(14,17)18)11-12-5-7-13(8-6-12)16-9-3-2-4-10-16/h5-8H,2-4,9-11H2,1H3,(H2,14,17,18). The van der Waals surface area contributed by atoms with E-state index >= 15 is 0 Å². The molecule has 1 heterocycles. The maximum absolute atomic E-state index is 11.1. The lowest BCUT2D eigenvalue weighted by molar-refractivity contribution is 0.468. The average Bonchev–Trinajstić information content (AvgIpc) is 2.39. The molecule has 1 aliphatic heterocycles. The third kappa shape index (κ3) is 3.92. The van der Waals surface area contributed by atoms with E-state index in [9.17, 15) is 8.42 Å². The molecule has 1 saturated heterocycles. The second kappa shape index (κ2) is 5.90. The molecule has 0 spiro atoms. The van der Waals surface area contributed by atoms with Crippen LogP contribution >= 0.6 is 0 Å². The molecule has 0 unspecified atom stereocenters. The second-order valence-electron chi connectivity index (χ2n) is 5.02. The van der Waals surface area contributed by atoms with Crippen LogP contribution in [0.25, 0.3) is 0 Å². The van der Waals surface area contributed by atoms with E-state index in [0.29, 0.717) is 6.54 Å². The van der Waals surface area contributed by atoms with Gasteiger partial charge in [0.2, 0.25) is 0 Å². The predicted octanol–water partition coefficient (Wildman–Crippen LogP) is 1.31. The molecule has 5 nitrogen and oxygen atoms in total. The Bertz CT molecular complexity index is 507. The minimum atomic E-state index is -3.61. The summed E-state index contributed by atoms with van der Waals surface area (Å²) in [5.41, 5.74) is 2.15. The third-order valence-electron chi connectivity index (χ3n) is 3.50. The van der Waals surface area contributed by atoms with Crippen LogP contribution in [0.2, 0.25) is 0 Å². The van der Waals surface area contributed by atoms with E-state index < -0.39 is 10.2 Å². The number of nitrogens with two attached hydrogens (primary N) is 1. The number of piperidine rings is 1. The maximum Gasteiger partial charge on any atom is 0.276 e. The zero-order chi connectivity index (χ0) is 13.9. The molecule has 0 amide bonds. The highest BCUT2D eigenvalue weighted by Crippen LogP contribution is 2.20. The Balaban J connectivity index is 2.02. The van der Waals surface area contributed by atoms with Crippen LogP contribution in [0.1, 0.15) is 24.8 Å². The molecule has 19 heavy (non-hydrogen) atoms. The first-order valence-corrected chi connectivity index (χ1v) is 8.05. The van der Waals surface area contributed by atoms with Gasteiger partial charge >= 0.3 is 0 Å². The van der Waals surface area contributed by atoms with Crippen LogP contribution in [-0.2, 0) is 16.8 Å². The smallest absolute Gasteiger partial charge is 0.276 e. The minimum absolute atomic E-state index is 0.305. The fourth-order valence-electron chi connectivity index (χ4n) is 2.31. The maximum atomic E-state index is 11.1. The molecule has 0 saturated carbocycles. The lowest BCUT2D eigenvalue weighted by Gasteiger charge is -2.29. The van der Waals surface area contributed by atoms with E-state index in [-0.39, 0.29) is 0 Å². The second-order valence-corrected chi connectivity index (χ2v) is 6.67. The monoisotopic (exact) mass is 283 g/mol. The van der Waals surface area contributed by atoms with E-state index in [1.54, 1.807) is 0 Å². The Morgan fingerprint density at radius 2 is 1.74 bits per heavy atom. The van der Waals surface area contributed by atoms with Gasteiger partial charge in [-0.15, -0.1) is 0 Å². The van der Waals surface area contributed by atoms with E-state index in [2.05, 4.69) is 17.0 Å². The lowest BCUT2D eigenvalue weighted by atomic mass is 10.1. The van der Waals surface area contributed by atoms with Gasteiger partial charge in [0.15, 0.2) is 0 Å². The van der Waals surface area contributed by atoms with Gasteiger partial charge < -0.3 is 4.90 Å². The molecule has 2 N–H and O–H groups in total. The zero-order valence-electron chi connectivity index (χ0n) is 11.2. The number of hydrogen-bond acceptors (Lipinski definition) is 3. The van der Waals surface area contributed by atoms with Gasteiger partial charge in [0.1, 0.15) is 0 Å². The molecule has 2 rings (SSSR count). The highest BCUT2D eigenvalue weighted by molar-refractivity contribution is 7.86. The van der Waals surface area contributed by atoms with Crippen LogP contribution in [0.4, 0.5) is 5.69 Å². The van der Waals surface area contributed by atoms with Gasteiger partial charge in [-0.1, -0.05) is 12.1 Å². The van der Waals surface area contributed by atoms with Gasteiger partial charge in [-0.05, 0) is 37.0 Å². The summed E-state index contributed by atoms with van der Waals surface area (Å²) in [5.74, 6) is 0. The molecule has 1 fully saturated rings. The Kier molecular flexibility index (Phi) is 4.44. The van der Waals surface area contributed by atoms with Gasteiger partial charge in [-0.25, -0.2) is 5.14 Å². The van der Waals surface area contributed by atoms with Crippen molar-refractivity contribution < 1.29 is 8.42 Å². The molecule has 1 aromatic carbocycles. The highest BCUT2D eigenvalue weighted by Gasteiger charge is 2.13.